The average Bonchev–Trinajstić information content (AvgIpc) is 3.00. The third-order valence-corrected chi connectivity index (χ3v) is 6.07. The van der Waals surface area contributed by atoms with Crippen LogP contribution in [-0.2, 0) is 20.9 Å². The lowest BCUT2D eigenvalue weighted by Crippen LogP contribution is -2.30. The van der Waals surface area contributed by atoms with E-state index in [-0.39, 0.29) is 31.4 Å². The van der Waals surface area contributed by atoms with Crippen LogP contribution in [0.3, 0.4) is 0 Å². The number of benzene rings is 2. The van der Waals surface area contributed by atoms with Gasteiger partial charge in [-0.2, -0.15) is 0 Å². The maximum atomic E-state index is 13.8. The largest absolute Gasteiger partial charge is 0.489 e. The first-order chi connectivity index (χ1) is 14.9. The van der Waals surface area contributed by atoms with E-state index in [0.29, 0.717) is 32.2 Å². The number of carbonyl (C=O) groups is 2. The van der Waals surface area contributed by atoms with E-state index in [9.17, 15) is 14.0 Å². The smallest absolute Gasteiger partial charge is 0.307 e. The molecule has 0 atom stereocenters. The van der Waals surface area contributed by atoms with Crippen LogP contribution in [0.25, 0.3) is 6.08 Å². The van der Waals surface area contributed by atoms with Crippen molar-refractivity contribution >= 4 is 57.9 Å². The number of ether oxygens (including phenoxy) is 2. The van der Waals surface area contributed by atoms with E-state index in [2.05, 4.69) is 0 Å². The molecule has 0 unspecified atom stereocenters. The molecule has 2 aromatic rings. The Morgan fingerprint density at radius 3 is 2.68 bits per heavy atom. The molecule has 1 fully saturated rings. The van der Waals surface area contributed by atoms with Gasteiger partial charge in [-0.15, -0.1) is 0 Å². The molecule has 1 aliphatic heterocycles. The molecular formula is C22H19ClFNO4S2. The fraction of sp³-hybridized carbons (Fsp3) is 0.227. The van der Waals surface area contributed by atoms with Crippen LogP contribution >= 0.6 is 35.6 Å². The first-order valence-electron chi connectivity index (χ1n) is 9.45. The number of thiocarbonyl (C=S) groups is 1. The normalized spacial score (nSPS) is 14.9. The van der Waals surface area contributed by atoms with E-state index >= 15 is 0 Å². The lowest BCUT2D eigenvalue weighted by molar-refractivity contribution is -0.143. The highest BCUT2D eigenvalue weighted by Gasteiger charge is 2.32. The van der Waals surface area contributed by atoms with E-state index in [1.165, 1.54) is 28.8 Å². The second-order valence-electron chi connectivity index (χ2n) is 6.45. The predicted molar refractivity (Wildman–Crippen MR) is 123 cm³/mol. The fourth-order valence-electron chi connectivity index (χ4n) is 2.77. The van der Waals surface area contributed by atoms with Gasteiger partial charge in [-0.25, -0.2) is 4.39 Å². The number of hydrogen-bond donors (Lipinski definition) is 0. The Morgan fingerprint density at radius 2 is 2.00 bits per heavy atom. The SMILES string of the molecule is CCOC(=O)CCN1C(=O)/C(=C\c2ccc(OCc3c(F)cccc3Cl)cc2)SC1=S. The van der Waals surface area contributed by atoms with Crippen molar-refractivity contribution in [2.45, 2.75) is 20.0 Å². The van der Waals surface area contributed by atoms with Gasteiger partial charge in [0.25, 0.3) is 5.91 Å². The van der Waals surface area contributed by atoms with Crippen LogP contribution < -0.4 is 4.74 Å². The molecule has 1 amide bonds. The fourth-order valence-corrected chi connectivity index (χ4v) is 4.29. The second kappa shape index (κ2) is 10.7. The number of thioether (sulfide) groups is 1. The van der Waals surface area contributed by atoms with Crippen molar-refractivity contribution in [1.29, 1.82) is 0 Å². The van der Waals surface area contributed by atoms with Gasteiger partial charge in [0.15, 0.2) is 0 Å². The third kappa shape index (κ3) is 6.06. The zero-order valence-corrected chi connectivity index (χ0v) is 19.0. The summed E-state index contributed by atoms with van der Waals surface area (Å²) in [6.45, 7) is 2.21. The molecule has 0 radical (unpaired) electrons. The first-order valence-corrected chi connectivity index (χ1v) is 11.1. The van der Waals surface area contributed by atoms with Crippen molar-refractivity contribution in [1.82, 2.24) is 4.90 Å². The van der Waals surface area contributed by atoms with Crippen molar-refractivity contribution in [2.75, 3.05) is 13.2 Å². The number of hydrogen-bond acceptors (Lipinski definition) is 6. The van der Waals surface area contributed by atoms with Crippen LogP contribution in [0.5, 0.6) is 5.75 Å². The van der Waals surface area contributed by atoms with Crippen molar-refractivity contribution < 1.29 is 23.5 Å². The lowest BCUT2D eigenvalue weighted by Gasteiger charge is -2.13. The molecule has 0 saturated carbocycles. The highest BCUT2D eigenvalue weighted by atomic mass is 35.5. The minimum absolute atomic E-state index is 0.00394. The van der Waals surface area contributed by atoms with E-state index in [1.807, 2.05) is 0 Å². The molecule has 1 heterocycles. The van der Waals surface area contributed by atoms with Gasteiger partial charge in [-0.1, -0.05) is 53.8 Å². The molecule has 0 aliphatic carbocycles. The number of rotatable bonds is 8. The summed E-state index contributed by atoms with van der Waals surface area (Å²) in [6, 6.07) is 11.5. The number of halogens is 2. The molecule has 31 heavy (non-hydrogen) atoms. The average molecular weight is 480 g/mol. The molecule has 0 bridgehead atoms. The Kier molecular flexibility index (Phi) is 8.06. The quantitative estimate of drug-likeness (QED) is 0.294. The summed E-state index contributed by atoms with van der Waals surface area (Å²) in [6.07, 6.45) is 1.81. The monoisotopic (exact) mass is 479 g/mol. The van der Waals surface area contributed by atoms with Gasteiger partial charge in [0.2, 0.25) is 0 Å². The van der Waals surface area contributed by atoms with Gasteiger partial charge < -0.3 is 9.47 Å². The van der Waals surface area contributed by atoms with Crippen molar-refractivity contribution in [3.8, 4) is 5.75 Å². The first kappa shape index (κ1) is 23.2. The molecule has 1 aliphatic rings. The molecule has 3 rings (SSSR count). The van der Waals surface area contributed by atoms with Gasteiger partial charge in [0.05, 0.1) is 23.0 Å². The van der Waals surface area contributed by atoms with E-state index < -0.39 is 5.82 Å². The summed E-state index contributed by atoms with van der Waals surface area (Å²) >= 11 is 12.5. The summed E-state index contributed by atoms with van der Waals surface area (Å²) in [4.78, 5) is 26.0. The standard InChI is InChI=1S/C22H19ClFNO4S2/c1-2-28-20(26)10-11-25-21(27)19(31-22(25)30)12-14-6-8-15(9-7-14)29-13-16-17(23)4-3-5-18(16)24/h3-9,12H,2,10-11,13H2,1H3/b19-12+. The Bertz CT molecular complexity index is 1010. The summed E-state index contributed by atoms with van der Waals surface area (Å²) in [5, 5.41) is 0.307. The van der Waals surface area contributed by atoms with Crippen molar-refractivity contribution in [2.24, 2.45) is 0 Å². The van der Waals surface area contributed by atoms with Gasteiger partial charge in [-0.3, -0.25) is 14.5 Å². The highest BCUT2D eigenvalue weighted by Crippen LogP contribution is 2.33. The van der Waals surface area contributed by atoms with E-state index in [0.717, 1.165) is 5.56 Å². The summed E-state index contributed by atoms with van der Waals surface area (Å²) in [5.41, 5.74) is 1.07. The van der Waals surface area contributed by atoms with Crippen LogP contribution in [0, 0.1) is 5.82 Å². The molecule has 1 saturated heterocycles. The molecule has 9 heteroatoms. The molecule has 0 aromatic heterocycles. The zero-order chi connectivity index (χ0) is 22.4. The minimum Gasteiger partial charge on any atom is -0.489 e. The molecule has 0 spiro atoms. The van der Waals surface area contributed by atoms with Gasteiger partial charge in [0.1, 0.15) is 22.5 Å². The van der Waals surface area contributed by atoms with Crippen LogP contribution in [0.4, 0.5) is 4.39 Å². The van der Waals surface area contributed by atoms with Gasteiger partial charge >= 0.3 is 5.97 Å². The third-order valence-electron chi connectivity index (χ3n) is 4.34. The van der Waals surface area contributed by atoms with Gasteiger partial charge in [0, 0.05) is 12.1 Å². The van der Waals surface area contributed by atoms with Crippen LogP contribution in [0.2, 0.25) is 5.02 Å². The lowest BCUT2D eigenvalue weighted by atomic mass is 10.2. The Labute approximate surface area is 194 Å². The molecule has 162 valence electrons. The van der Waals surface area contributed by atoms with Crippen molar-refractivity contribution in [3.05, 3.63) is 69.3 Å². The summed E-state index contributed by atoms with van der Waals surface area (Å²) in [7, 11) is 0. The zero-order valence-electron chi connectivity index (χ0n) is 16.6. The van der Waals surface area contributed by atoms with Crippen LogP contribution in [0.1, 0.15) is 24.5 Å². The number of nitrogens with zero attached hydrogens (tertiary/aromatic N) is 1. The maximum Gasteiger partial charge on any atom is 0.307 e. The summed E-state index contributed by atoms with van der Waals surface area (Å²) < 4.78 is 24.7. The molecule has 5 nitrogen and oxygen atoms in total. The molecule has 0 N–H and O–H groups in total. The Morgan fingerprint density at radius 1 is 1.26 bits per heavy atom. The van der Waals surface area contributed by atoms with Crippen LogP contribution in [0.15, 0.2) is 47.4 Å². The number of esters is 1. The second-order valence-corrected chi connectivity index (χ2v) is 8.53. The predicted octanol–water partition coefficient (Wildman–Crippen LogP) is 5.21. The Balaban J connectivity index is 1.61. The molecular weight excluding hydrogens is 461 g/mol. The number of amides is 1. The summed E-state index contributed by atoms with van der Waals surface area (Å²) in [5.74, 6) is -0.492. The van der Waals surface area contributed by atoms with Crippen molar-refractivity contribution in [3.63, 3.8) is 0 Å². The minimum atomic E-state index is -0.422. The Hall–Kier alpha value is -2.42. The molecule has 2 aromatic carbocycles. The topological polar surface area (TPSA) is 55.8 Å². The van der Waals surface area contributed by atoms with Crippen LogP contribution in [-0.4, -0.2) is 34.2 Å². The van der Waals surface area contributed by atoms with Gasteiger partial charge in [-0.05, 0) is 42.8 Å². The highest BCUT2D eigenvalue weighted by molar-refractivity contribution is 8.26. The number of carbonyl (C=O) groups excluding carboxylic acids is 2. The van der Waals surface area contributed by atoms with E-state index in [1.54, 1.807) is 43.3 Å². The maximum absolute atomic E-state index is 13.8. The van der Waals surface area contributed by atoms with E-state index in [4.69, 9.17) is 33.3 Å².